The van der Waals surface area contributed by atoms with Crippen molar-refractivity contribution in [1.29, 1.82) is 0 Å². The molecule has 0 saturated carbocycles. The van der Waals surface area contributed by atoms with Crippen LogP contribution in [0.3, 0.4) is 0 Å². The zero-order chi connectivity index (χ0) is 16.1. The van der Waals surface area contributed by atoms with Crippen molar-refractivity contribution in [2.75, 3.05) is 32.2 Å². The standard InChI is InChI=1S/C16H22ClN3O2/c1-5-7-8-20(6-2)15-11-9-13(21-3)14(22-4)10-12(11)18-16(17)19-15/h9-10H,5-8H2,1-4H3. The van der Waals surface area contributed by atoms with Crippen molar-refractivity contribution in [3.63, 3.8) is 0 Å². The normalized spacial score (nSPS) is 10.8. The third-order valence-corrected chi connectivity index (χ3v) is 3.79. The third kappa shape index (κ3) is 3.35. The first-order chi connectivity index (χ1) is 10.6. The van der Waals surface area contributed by atoms with E-state index in [-0.39, 0.29) is 5.28 Å². The first-order valence-electron chi connectivity index (χ1n) is 7.48. The van der Waals surface area contributed by atoms with Gasteiger partial charge in [0.1, 0.15) is 5.82 Å². The molecular weight excluding hydrogens is 302 g/mol. The van der Waals surface area contributed by atoms with Gasteiger partial charge in [0.05, 0.1) is 19.7 Å². The van der Waals surface area contributed by atoms with Gasteiger partial charge in [0, 0.05) is 24.5 Å². The molecule has 1 aromatic carbocycles. The van der Waals surface area contributed by atoms with Gasteiger partial charge in [0.15, 0.2) is 11.5 Å². The monoisotopic (exact) mass is 323 g/mol. The van der Waals surface area contributed by atoms with Crippen LogP contribution in [-0.4, -0.2) is 37.3 Å². The highest BCUT2D eigenvalue weighted by Crippen LogP contribution is 2.35. The quantitative estimate of drug-likeness (QED) is 0.723. The number of unbranched alkanes of at least 4 members (excludes halogenated alkanes) is 1. The van der Waals surface area contributed by atoms with Gasteiger partial charge in [-0.05, 0) is 31.0 Å². The fourth-order valence-corrected chi connectivity index (χ4v) is 2.59. The predicted molar refractivity (Wildman–Crippen MR) is 90.4 cm³/mol. The highest BCUT2D eigenvalue weighted by molar-refractivity contribution is 6.28. The molecule has 120 valence electrons. The topological polar surface area (TPSA) is 47.5 Å². The van der Waals surface area contributed by atoms with Gasteiger partial charge < -0.3 is 14.4 Å². The van der Waals surface area contributed by atoms with E-state index in [0.717, 1.165) is 42.7 Å². The van der Waals surface area contributed by atoms with E-state index >= 15 is 0 Å². The van der Waals surface area contributed by atoms with Crippen molar-refractivity contribution < 1.29 is 9.47 Å². The Hall–Kier alpha value is -1.75. The Morgan fingerprint density at radius 2 is 1.77 bits per heavy atom. The van der Waals surface area contributed by atoms with Gasteiger partial charge in [-0.3, -0.25) is 0 Å². The first kappa shape index (κ1) is 16.6. The predicted octanol–water partition coefficient (Wildman–Crippen LogP) is 3.93. The second-order valence-electron chi connectivity index (χ2n) is 4.97. The number of rotatable bonds is 7. The van der Waals surface area contributed by atoms with E-state index in [4.69, 9.17) is 21.1 Å². The summed E-state index contributed by atoms with van der Waals surface area (Å²) in [5.41, 5.74) is 0.752. The molecular formula is C16H22ClN3O2. The van der Waals surface area contributed by atoms with E-state index < -0.39 is 0 Å². The maximum atomic E-state index is 6.11. The molecule has 0 aliphatic carbocycles. The van der Waals surface area contributed by atoms with E-state index in [1.807, 2.05) is 12.1 Å². The highest BCUT2D eigenvalue weighted by Gasteiger charge is 2.16. The average Bonchev–Trinajstić information content (AvgIpc) is 2.53. The Morgan fingerprint density at radius 1 is 1.09 bits per heavy atom. The number of aromatic nitrogens is 2. The van der Waals surface area contributed by atoms with Crippen molar-refractivity contribution in [3.8, 4) is 11.5 Å². The van der Waals surface area contributed by atoms with Gasteiger partial charge in [-0.25, -0.2) is 4.98 Å². The lowest BCUT2D eigenvalue weighted by atomic mass is 10.2. The molecule has 0 spiro atoms. The van der Waals surface area contributed by atoms with Gasteiger partial charge >= 0.3 is 0 Å². The number of methoxy groups -OCH3 is 2. The molecule has 0 N–H and O–H groups in total. The van der Waals surface area contributed by atoms with E-state index in [0.29, 0.717) is 11.5 Å². The summed E-state index contributed by atoms with van der Waals surface area (Å²) in [6.45, 7) is 6.08. The van der Waals surface area contributed by atoms with E-state index in [1.165, 1.54) is 0 Å². The third-order valence-electron chi connectivity index (χ3n) is 3.62. The molecule has 0 atom stereocenters. The fourth-order valence-electron chi connectivity index (χ4n) is 2.42. The summed E-state index contributed by atoms with van der Waals surface area (Å²) in [7, 11) is 3.22. The first-order valence-corrected chi connectivity index (χ1v) is 7.86. The minimum atomic E-state index is 0.240. The van der Waals surface area contributed by atoms with Crippen molar-refractivity contribution >= 4 is 28.3 Å². The van der Waals surface area contributed by atoms with Crippen LogP contribution in [0.4, 0.5) is 5.82 Å². The molecule has 5 nitrogen and oxygen atoms in total. The minimum Gasteiger partial charge on any atom is -0.493 e. The molecule has 0 fully saturated rings. The molecule has 2 aromatic rings. The van der Waals surface area contributed by atoms with Crippen LogP contribution in [0.25, 0.3) is 10.9 Å². The summed E-state index contributed by atoms with van der Waals surface area (Å²) >= 11 is 6.11. The number of halogens is 1. The van der Waals surface area contributed by atoms with Crippen LogP contribution in [0.5, 0.6) is 11.5 Å². The molecule has 0 radical (unpaired) electrons. The zero-order valence-corrected chi connectivity index (χ0v) is 14.3. The Labute approximate surface area is 136 Å². The van der Waals surface area contributed by atoms with Gasteiger partial charge in [0.2, 0.25) is 5.28 Å². The number of hydrogen-bond acceptors (Lipinski definition) is 5. The van der Waals surface area contributed by atoms with Crippen LogP contribution in [0, 0.1) is 0 Å². The molecule has 0 bridgehead atoms. The lowest BCUT2D eigenvalue weighted by molar-refractivity contribution is 0.356. The highest BCUT2D eigenvalue weighted by atomic mass is 35.5. The molecule has 1 aromatic heterocycles. The van der Waals surface area contributed by atoms with Gasteiger partial charge in [-0.2, -0.15) is 4.98 Å². The molecule has 0 aliphatic rings. The number of benzene rings is 1. The van der Waals surface area contributed by atoms with E-state index in [1.54, 1.807) is 14.2 Å². The van der Waals surface area contributed by atoms with E-state index in [9.17, 15) is 0 Å². The minimum absolute atomic E-state index is 0.240. The van der Waals surface area contributed by atoms with Gasteiger partial charge in [-0.15, -0.1) is 0 Å². The average molecular weight is 324 g/mol. The lowest BCUT2D eigenvalue weighted by Crippen LogP contribution is -2.25. The zero-order valence-electron chi connectivity index (χ0n) is 13.5. The summed E-state index contributed by atoms with van der Waals surface area (Å²) in [6.07, 6.45) is 2.23. The van der Waals surface area contributed by atoms with Crippen LogP contribution < -0.4 is 14.4 Å². The van der Waals surface area contributed by atoms with Crippen molar-refractivity contribution in [3.05, 3.63) is 17.4 Å². The Bertz CT molecular complexity index is 649. The van der Waals surface area contributed by atoms with Crippen LogP contribution in [0.1, 0.15) is 26.7 Å². The van der Waals surface area contributed by atoms with Crippen LogP contribution >= 0.6 is 11.6 Å². The molecule has 2 rings (SSSR count). The van der Waals surface area contributed by atoms with Crippen LogP contribution in [-0.2, 0) is 0 Å². The molecule has 0 unspecified atom stereocenters. The van der Waals surface area contributed by atoms with E-state index in [2.05, 4.69) is 28.7 Å². The van der Waals surface area contributed by atoms with Crippen molar-refractivity contribution in [1.82, 2.24) is 9.97 Å². The summed E-state index contributed by atoms with van der Waals surface area (Å²) in [5, 5.41) is 1.16. The Morgan fingerprint density at radius 3 is 2.36 bits per heavy atom. The molecule has 6 heteroatoms. The summed E-state index contributed by atoms with van der Waals surface area (Å²) in [4.78, 5) is 11.0. The van der Waals surface area contributed by atoms with Gasteiger partial charge in [-0.1, -0.05) is 13.3 Å². The number of anilines is 1. The largest absolute Gasteiger partial charge is 0.493 e. The molecule has 0 aliphatic heterocycles. The molecule has 22 heavy (non-hydrogen) atoms. The lowest BCUT2D eigenvalue weighted by Gasteiger charge is -2.23. The number of fused-ring (bicyclic) bond motifs is 1. The molecule has 0 amide bonds. The van der Waals surface area contributed by atoms with Crippen LogP contribution in [0.2, 0.25) is 5.28 Å². The second kappa shape index (κ2) is 7.49. The number of nitrogens with zero attached hydrogens (tertiary/aromatic N) is 3. The Balaban J connectivity index is 2.61. The smallest absolute Gasteiger partial charge is 0.224 e. The Kier molecular flexibility index (Phi) is 5.66. The number of hydrogen-bond donors (Lipinski definition) is 0. The summed E-state index contributed by atoms with van der Waals surface area (Å²) in [5.74, 6) is 2.13. The maximum Gasteiger partial charge on any atom is 0.224 e. The number of ether oxygens (including phenoxy) is 2. The van der Waals surface area contributed by atoms with Crippen molar-refractivity contribution in [2.45, 2.75) is 26.7 Å². The maximum absolute atomic E-state index is 6.11. The fraction of sp³-hybridized carbons (Fsp3) is 0.500. The molecule has 0 saturated heterocycles. The summed E-state index contributed by atoms with van der Waals surface area (Å²) < 4.78 is 10.7. The van der Waals surface area contributed by atoms with Crippen LogP contribution in [0.15, 0.2) is 12.1 Å². The second-order valence-corrected chi connectivity index (χ2v) is 5.31. The SMILES string of the molecule is CCCCN(CC)c1nc(Cl)nc2cc(OC)c(OC)cc12. The van der Waals surface area contributed by atoms with Crippen molar-refractivity contribution in [2.24, 2.45) is 0 Å². The molecule has 1 heterocycles. The van der Waals surface area contributed by atoms with Gasteiger partial charge in [0.25, 0.3) is 0 Å². The summed E-state index contributed by atoms with van der Waals surface area (Å²) in [6, 6.07) is 3.74.